The smallest absolute Gasteiger partial charge is 0.260 e. The van der Waals surface area contributed by atoms with Crippen molar-refractivity contribution in [2.45, 2.75) is 31.7 Å². The molecule has 2 aromatic carbocycles. The Labute approximate surface area is 154 Å². The summed E-state index contributed by atoms with van der Waals surface area (Å²) in [4.78, 5) is 14.1. The molecule has 1 amide bonds. The number of hydrogen-bond donors (Lipinski definition) is 1. The van der Waals surface area contributed by atoms with Crippen molar-refractivity contribution in [1.82, 2.24) is 4.90 Å². The number of ether oxygens (including phenoxy) is 1. The van der Waals surface area contributed by atoms with Crippen LogP contribution in [0.5, 0.6) is 5.75 Å². The minimum atomic E-state index is -3.73. The molecule has 0 aliphatic heterocycles. The minimum absolute atomic E-state index is 0.0424. The van der Waals surface area contributed by atoms with Crippen LogP contribution in [0.4, 0.5) is 0 Å². The van der Waals surface area contributed by atoms with Crippen molar-refractivity contribution in [3.05, 3.63) is 59.2 Å². The highest BCUT2D eigenvalue weighted by atomic mass is 32.2. The molecule has 0 radical (unpaired) electrons. The number of amides is 1. The first kappa shape index (κ1) is 19.9. The highest BCUT2D eigenvalue weighted by Gasteiger charge is 2.19. The number of carbonyl (C=O) groups is 1. The van der Waals surface area contributed by atoms with Gasteiger partial charge >= 0.3 is 0 Å². The van der Waals surface area contributed by atoms with Crippen LogP contribution in [0.2, 0.25) is 0 Å². The van der Waals surface area contributed by atoms with Crippen LogP contribution in [-0.2, 0) is 14.8 Å². The maximum Gasteiger partial charge on any atom is 0.260 e. The lowest BCUT2D eigenvalue weighted by Gasteiger charge is -2.26. The molecule has 0 saturated heterocycles. The van der Waals surface area contributed by atoms with Gasteiger partial charge in [0.15, 0.2) is 6.61 Å². The van der Waals surface area contributed by atoms with Crippen molar-refractivity contribution in [2.24, 2.45) is 5.14 Å². The van der Waals surface area contributed by atoms with Crippen molar-refractivity contribution in [1.29, 1.82) is 0 Å². The zero-order chi connectivity index (χ0) is 19.5. The number of rotatable bonds is 6. The SMILES string of the molecule is Cc1cccc(C)c1OCC(=O)N(C)C(C)c1ccc(S(N)(=O)=O)cc1. The largest absolute Gasteiger partial charge is 0.483 e. The van der Waals surface area contributed by atoms with Crippen LogP contribution in [0, 0.1) is 13.8 Å². The predicted molar refractivity (Wildman–Crippen MR) is 100 cm³/mol. The molecular weight excluding hydrogens is 352 g/mol. The number of sulfonamides is 1. The van der Waals surface area contributed by atoms with E-state index in [1.165, 1.54) is 12.1 Å². The van der Waals surface area contributed by atoms with Crippen LogP contribution < -0.4 is 9.88 Å². The molecule has 0 saturated carbocycles. The summed E-state index contributed by atoms with van der Waals surface area (Å²) in [6, 6.07) is 11.8. The zero-order valence-corrected chi connectivity index (χ0v) is 16.2. The third-order valence-electron chi connectivity index (χ3n) is 4.41. The van der Waals surface area contributed by atoms with Crippen LogP contribution in [-0.4, -0.2) is 32.9 Å². The normalized spacial score (nSPS) is 12.5. The van der Waals surface area contributed by atoms with Gasteiger partial charge in [-0.3, -0.25) is 4.79 Å². The second-order valence-electron chi connectivity index (χ2n) is 6.30. The lowest BCUT2D eigenvalue weighted by atomic mass is 10.1. The Morgan fingerprint density at radius 2 is 1.65 bits per heavy atom. The summed E-state index contributed by atoms with van der Waals surface area (Å²) >= 11 is 0. The number of carbonyl (C=O) groups excluding carboxylic acids is 1. The molecule has 140 valence electrons. The van der Waals surface area contributed by atoms with E-state index in [9.17, 15) is 13.2 Å². The highest BCUT2D eigenvalue weighted by Crippen LogP contribution is 2.24. The number of primary sulfonamides is 1. The third kappa shape index (κ3) is 4.62. The Hall–Kier alpha value is -2.38. The Morgan fingerprint density at radius 1 is 1.12 bits per heavy atom. The van der Waals surface area contributed by atoms with Gasteiger partial charge in [-0.15, -0.1) is 0 Å². The van der Waals surface area contributed by atoms with Crippen molar-refractivity contribution in [2.75, 3.05) is 13.7 Å². The summed E-state index contributed by atoms with van der Waals surface area (Å²) < 4.78 is 28.4. The molecule has 0 bridgehead atoms. The average molecular weight is 376 g/mol. The first-order chi connectivity index (χ1) is 12.1. The van der Waals surface area contributed by atoms with Crippen LogP contribution in [0.25, 0.3) is 0 Å². The highest BCUT2D eigenvalue weighted by molar-refractivity contribution is 7.89. The molecule has 26 heavy (non-hydrogen) atoms. The van der Waals surface area contributed by atoms with E-state index in [0.29, 0.717) is 0 Å². The summed E-state index contributed by atoms with van der Waals surface area (Å²) in [7, 11) is -2.04. The number of nitrogens with two attached hydrogens (primary N) is 1. The van der Waals surface area contributed by atoms with Crippen molar-refractivity contribution < 1.29 is 17.9 Å². The summed E-state index contributed by atoms with van der Waals surface area (Å²) in [5.41, 5.74) is 2.76. The second-order valence-corrected chi connectivity index (χ2v) is 7.87. The molecule has 0 heterocycles. The van der Waals surface area contributed by atoms with E-state index in [-0.39, 0.29) is 23.5 Å². The van der Waals surface area contributed by atoms with E-state index in [1.807, 2.05) is 39.0 Å². The molecule has 7 heteroatoms. The molecule has 0 aromatic heterocycles. The first-order valence-electron chi connectivity index (χ1n) is 8.18. The molecule has 2 rings (SSSR count). The van der Waals surface area contributed by atoms with Gasteiger partial charge in [0, 0.05) is 7.05 Å². The van der Waals surface area contributed by atoms with Gasteiger partial charge in [0.05, 0.1) is 10.9 Å². The van der Waals surface area contributed by atoms with Gasteiger partial charge in [0.1, 0.15) is 5.75 Å². The number of benzene rings is 2. The van der Waals surface area contributed by atoms with E-state index in [0.717, 1.165) is 22.4 Å². The maximum atomic E-state index is 12.5. The molecule has 0 spiro atoms. The molecule has 0 aliphatic carbocycles. The van der Waals surface area contributed by atoms with E-state index in [2.05, 4.69) is 0 Å². The Morgan fingerprint density at radius 3 is 2.15 bits per heavy atom. The van der Waals surface area contributed by atoms with Crippen molar-refractivity contribution in [3.63, 3.8) is 0 Å². The van der Waals surface area contributed by atoms with E-state index < -0.39 is 10.0 Å². The van der Waals surface area contributed by atoms with Crippen LogP contribution in [0.3, 0.4) is 0 Å². The minimum Gasteiger partial charge on any atom is -0.483 e. The fourth-order valence-electron chi connectivity index (χ4n) is 2.64. The summed E-state index contributed by atoms with van der Waals surface area (Å²) in [6.07, 6.45) is 0. The Kier molecular flexibility index (Phi) is 6.05. The van der Waals surface area contributed by atoms with Crippen LogP contribution in [0.1, 0.15) is 29.7 Å². The second kappa shape index (κ2) is 7.88. The molecule has 2 aromatic rings. The average Bonchev–Trinajstić information content (AvgIpc) is 2.59. The van der Waals surface area contributed by atoms with Gasteiger partial charge in [-0.2, -0.15) is 0 Å². The predicted octanol–water partition coefficient (Wildman–Crippen LogP) is 2.55. The Bertz CT molecular complexity index is 872. The number of likely N-dealkylation sites (N-methyl/N-ethyl adjacent to an activating group) is 1. The van der Waals surface area contributed by atoms with Gasteiger partial charge in [0.25, 0.3) is 5.91 Å². The third-order valence-corrected chi connectivity index (χ3v) is 5.34. The van der Waals surface area contributed by atoms with E-state index in [1.54, 1.807) is 24.1 Å². The number of hydrogen-bond acceptors (Lipinski definition) is 4. The number of nitrogens with zero attached hydrogens (tertiary/aromatic N) is 1. The Balaban J connectivity index is 2.05. The lowest BCUT2D eigenvalue weighted by Crippen LogP contribution is -2.33. The van der Waals surface area contributed by atoms with Gasteiger partial charge < -0.3 is 9.64 Å². The van der Waals surface area contributed by atoms with Gasteiger partial charge in [-0.25, -0.2) is 13.6 Å². The lowest BCUT2D eigenvalue weighted by molar-refractivity contribution is -0.134. The first-order valence-corrected chi connectivity index (χ1v) is 9.73. The van der Waals surface area contributed by atoms with Gasteiger partial charge in [-0.05, 0) is 49.6 Å². The summed E-state index contributed by atoms with van der Waals surface area (Å²) in [5.74, 6) is 0.551. The zero-order valence-electron chi connectivity index (χ0n) is 15.4. The quantitative estimate of drug-likeness (QED) is 0.839. The van der Waals surface area contributed by atoms with Crippen molar-refractivity contribution >= 4 is 15.9 Å². The monoisotopic (exact) mass is 376 g/mol. The van der Waals surface area contributed by atoms with E-state index >= 15 is 0 Å². The summed E-state index contributed by atoms with van der Waals surface area (Å²) in [5, 5.41) is 5.10. The standard InChI is InChI=1S/C19H24N2O4S/c1-13-6-5-7-14(2)19(13)25-12-18(22)21(4)15(3)16-8-10-17(11-9-16)26(20,23)24/h5-11,15H,12H2,1-4H3,(H2,20,23,24). The molecular formula is C19H24N2O4S. The topological polar surface area (TPSA) is 89.7 Å². The molecule has 0 fully saturated rings. The van der Waals surface area contributed by atoms with Crippen LogP contribution in [0.15, 0.2) is 47.4 Å². The maximum absolute atomic E-state index is 12.5. The molecule has 2 N–H and O–H groups in total. The van der Waals surface area contributed by atoms with Gasteiger partial charge in [-0.1, -0.05) is 30.3 Å². The molecule has 0 aliphatic rings. The number of aryl methyl sites for hydroxylation is 2. The molecule has 6 nitrogen and oxygen atoms in total. The molecule has 1 unspecified atom stereocenters. The van der Waals surface area contributed by atoms with Crippen LogP contribution >= 0.6 is 0 Å². The fraction of sp³-hybridized carbons (Fsp3) is 0.316. The van der Waals surface area contributed by atoms with Gasteiger partial charge in [0.2, 0.25) is 10.0 Å². The fourth-order valence-corrected chi connectivity index (χ4v) is 3.15. The summed E-state index contributed by atoms with van der Waals surface area (Å²) in [6.45, 7) is 5.67. The van der Waals surface area contributed by atoms with E-state index in [4.69, 9.17) is 9.88 Å². The number of para-hydroxylation sites is 1. The van der Waals surface area contributed by atoms with Crippen molar-refractivity contribution in [3.8, 4) is 5.75 Å². The molecule has 1 atom stereocenters.